The molecule has 6 atom stereocenters. The van der Waals surface area contributed by atoms with Crippen molar-refractivity contribution in [1.29, 1.82) is 0 Å². The van der Waals surface area contributed by atoms with Crippen molar-refractivity contribution in [3.05, 3.63) is 28.8 Å². The third-order valence-corrected chi connectivity index (χ3v) is 7.92. The van der Waals surface area contributed by atoms with Gasteiger partial charge in [0.1, 0.15) is 11.6 Å². The SMILES string of the molecule is CNC(C)C(=O)CC(C(=O)N1CCC2C1C(c1c[nH]c3c1CCC(F)=C3)CN2C(C)=O)C(C)O. The Hall–Kier alpha value is -2.52. The average molecular weight is 475 g/mol. The quantitative estimate of drug-likeness (QED) is 0.558. The number of carbonyl (C=O) groups excluding carboxylic acids is 3. The van der Waals surface area contributed by atoms with E-state index in [-0.39, 0.29) is 47.8 Å². The van der Waals surface area contributed by atoms with Gasteiger partial charge < -0.3 is 25.2 Å². The van der Waals surface area contributed by atoms with Gasteiger partial charge in [0.15, 0.2) is 0 Å². The van der Waals surface area contributed by atoms with E-state index in [2.05, 4.69) is 10.3 Å². The molecule has 6 unspecified atom stereocenters. The van der Waals surface area contributed by atoms with E-state index in [0.717, 1.165) is 16.8 Å². The Kier molecular flexibility index (Phi) is 6.96. The Bertz CT molecular complexity index is 1000. The number of aliphatic hydroxyl groups excluding tert-OH is 1. The van der Waals surface area contributed by atoms with Crippen LogP contribution in [0.5, 0.6) is 0 Å². The zero-order valence-corrected chi connectivity index (χ0v) is 20.3. The third-order valence-electron chi connectivity index (χ3n) is 7.92. The van der Waals surface area contributed by atoms with Crippen LogP contribution in [0.15, 0.2) is 12.0 Å². The number of ketones is 1. The lowest BCUT2D eigenvalue weighted by atomic mass is 9.86. The van der Waals surface area contributed by atoms with Crippen LogP contribution in [0.25, 0.3) is 6.08 Å². The molecule has 34 heavy (non-hydrogen) atoms. The van der Waals surface area contributed by atoms with Gasteiger partial charge >= 0.3 is 0 Å². The Morgan fingerprint density at radius 2 is 2.00 bits per heavy atom. The molecule has 0 radical (unpaired) electrons. The van der Waals surface area contributed by atoms with Gasteiger partial charge in [0, 0.05) is 50.7 Å². The van der Waals surface area contributed by atoms with Crippen molar-refractivity contribution >= 4 is 23.7 Å². The maximum absolute atomic E-state index is 13.8. The maximum atomic E-state index is 13.8. The molecule has 1 aliphatic carbocycles. The molecule has 2 saturated heterocycles. The first-order valence-corrected chi connectivity index (χ1v) is 12.2. The van der Waals surface area contributed by atoms with Gasteiger partial charge in [-0.2, -0.15) is 0 Å². The summed E-state index contributed by atoms with van der Waals surface area (Å²) < 4.78 is 13.8. The van der Waals surface area contributed by atoms with Gasteiger partial charge in [0.05, 0.1) is 30.1 Å². The van der Waals surface area contributed by atoms with Crippen LogP contribution in [0.4, 0.5) is 4.39 Å². The summed E-state index contributed by atoms with van der Waals surface area (Å²) in [5.41, 5.74) is 2.81. The Morgan fingerprint density at radius 3 is 2.65 bits per heavy atom. The van der Waals surface area contributed by atoms with Crippen LogP contribution in [0, 0.1) is 5.92 Å². The summed E-state index contributed by atoms with van der Waals surface area (Å²) in [5.74, 6) is -1.52. The number of fused-ring (bicyclic) bond motifs is 2. The van der Waals surface area contributed by atoms with E-state index in [1.807, 2.05) is 11.1 Å². The number of carbonyl (C=O) groups is 3. The predicted molar refractivity (Wildman–Crippen MR) is 126 cm³/mol. The van der Waals surface area contributed by atoms with Crippen LogP contribution in [0.2, 0.25) is 0 Å². The lowest BCUT2D eigenvalue weighted by Crippen LogP contribution is -2.48. The largest absolute Gasteiger partial charge is 0.393 e. The van der Waals surface area contributed by atoms with Crippen LogP contribution < -0.4 is 5.32 Å². The molecule has 3 heterocycles. The van der Waals surface area contributed by atoms with Gasteiger partial charge in [-0.05, 0) is 50.9 Å². The van der Waals surface area contributed by atoms with E-state index < -0.39 is 18.1 Å². The highest BCUT2D eigenvalue weighted by Gasteiger charge is 2.53. The molecular formula is C25H35FN4O4. The van der Waals surface area contributed by atoms with Crippen LogP contribution in [0.3, 0.4) is 0 Å². The number of likely N-dealkylation sites (N-methyl/N-ethyl adjacent to an activating group) is 1. The summed E-state index contributed by atoms with van der Waals surface area (Å²) in [4.78, 5) is 45.6. The summed E-state index contributed by atoms with van der Waals surface area (Å²) in [6.45, 7) is 5.78. The molecule has 9 heteroatoms. The average Bonchev–Trinajstić information content (AvgIpc) is 3.49. The van der Waals surface area contributed by atoms with Gasteiger partial charge in [-0.15, -0.1) is 0 Å². The molecule has 2 aliphatic heterocycles. The van der Waals surface area contributed by atoms with E-state index in [1.54, 1.807) is 32.7 Å². The number of nitrogens with one attached hydrogen (secondary N) is 2. The molecule has 4 rings (SSSR count). The number of halogens is 1. The molecule has 1 aromatic heterocycles. The first-order valence-electron chi connectivity index (χ1n) is 12.2. The molecule has 3 N–H and O–H groups in total. The third kappa shape index (κ3) is 4.31. The fourth-order valence-electron chi connectivity index (χ4n) is 5.91. The van der Waals surface area contributed by atoms with E-state index in [9.17, 15) is 23.9 Å². The summed E-state index contributed by atoms with van der Waals surface area (Å²) >= 11 is 0. The van der Waals surface area contributed by atoms with Crippen molar-refractivity contribution in [3.8, 4) is 0 Å². The Morgan fingerprint density at radius 1 is 1.26 bits per heavy atom. The van der Waals surface area contributed by atoms with Crippen molar-refractivity contribution in [2.45, 2.75) is 76.6 Å². The number of H-pyrrole nitrogens is 1. The summed E-state index contributed by atoms with van der Waals surface area (Å²) in [5, 5.41) is 13.3. The van der Waals surface area contributed by atoms with Crippen molar-refractivity contribution in [2.75, 3.05) is 20.1 Å². The molecule has 0 saturated carbocycles. The minimum atomic E-state index is -0.976. The second-order valence-corrected chi connectivity index (χ2v) is 9.91. The van der Waals surface area contributed by atoms with Crippen molar-refractivity contribution in [1.82, 2.24) is 20.1 Å². The lowest BCUT2D eigenvalue weighted by molar-refractivity contribution is -0.143. The monoisotopic (exact) mass is 474 g/mol. The van der Waals surface area contributed by atoms with Crippen molar-refractivity contribution in [3.63, 3.8) is 0 Å². The van der Waals surface area contributed by atoms with Crippen LogP contribution in [0.1, 0.15) is 62.8 Å². The van der Waals surface area contributed by atoms with Crippen molar-refractivity contribution < 1.29 is 23.9 Å². The van der Waals surface area contributed by atoms with Gasteiger partial charge in [-0.3, -0.25) is 14.4 Å². The second kappa shape index (κ2) is 9.62. The summed E-state index contributed by atoms with van der Waals surface area (Å²) in [6, 6.07) is -0.771. The lowest BCUT2D eigenvalue weighted by Gasteiger charge is -2.33. The highest BCUT2D eigenvalue weighted by atomic mass is 19.1. The Balaban J connectivity index is 1.65. The number of allylic oxidation sites excluding steroid dienone is 1. The van der Waals surface area contributed by atoms with E-state index in [0.29, 0.717) is 32.4 Å². The smallest absolute Gasteiger partial charge is 0.229 e. The van der Waals surface area contributed by atoms with Crippen LogP contribution in [-0.2, 0) is 20.8 Å². The molecule has 8 nitrogen and oxygen atoms in total. The number of aromatic nitrogens is 1. The number of likely N-dealkylation sites (tertiary alicyclic amines) is 2. The number of aromatic amines is 1. The first-order chi connectivity index (χ1) is 16.1. The van der Waals surface area contributed by atoms with E-state index in [1.165, 1.54) is 6.08 Å². The minimum Gasteiger partial charge on any atom is -0.393 e. The van der Waals surface area contributed by atoms with Gasteiger partial charge in [0.2, 0.25) is 11.8 Å². The van der Waals surface area contributed by atoms with Gasteiger partial charge in [0.25, 0.3) is 0 Å². The highest BCUT2D eigenvalue weighted by molar-refractivity contribution is 5.90. The number of hydrogen-bond acceptors (Lipinski definition) is 5. The molecule has 186 valence electrons. The van der Waals surface area contributed by atoms with E-state index >= 15 is 0 Å². The number of amides is 2. The number of hydrogen-bond donors (Lipinski definition) is 3. The fourth-order valence-corrected chi connectivity index (χ4v) is 5.91. The van der Waals surface area contributed by atoms with Crippen LogP contribution in [-0.4, -0.2) is 81.9 Å². The standard InChI is InChI=1S/C25H35FN4O4/c1-13(27-4)23(33)10-18(14(2)31)25(34)29-8-7-22-24(29)20(12-30(22)15(3)32)19-11-28-21-9-16(26)5-6-17(19)21/h9,11,13-14,18,20,22,24,27-28,31H,5-8,10,12H2,1-4H3. The molecule has 0 aromatic carbocycles. The number of aliphatic hydroxyl groups is 1. The summed E-state index contributed by atoms with van der Waals surface area (Å²) in [6.07, 6.45) is 3.96. The van der Waals surface area contributed by atoms with Crippen LogP contribution >= 0.6 is 0 Å². The zero-order chi connectivity index (χ0) is 24.7. The number of rotatable bonds is 7. The number of Topliss-reactive ketones (excluding diaryl/α,β-unsaturated/α-hetero) is 1. The first kappa shape index (κ1) is 24.6. The Labute approximate surface area is 199 Å². The fraction of sp³-hybridized carbons (Fsp3) is 0.640. The van der Waals surface area contributed by atoms with Gasteiger partial charge in [-0.1, -0.05) is 0 Å². The highest BCUT2D eigenvalue weighted by Crippen LogP contribution is 2.44. The molecular weight excluding hydrogens is 439 g/mol. The molecule has 3 aliphatic rings. The van der Waals surface area contributed by atoms with E-state index in [4.69, 9.17) is 0 Å². The minimum absolute atomic E-state index is 0.0350. The second-order valence-electron chi connectivity index (χ2n) is 9.91. The predicted octanol–water partition coefficient (Wildman–Crippen LogP) is 1.75. The number of nitrogens with zero attached hydrogens (tertiary/aromatic N) is 2. The summed E-state index contributed by atoms with van der Waals surface area (Å²) in [7, 11) is 1.69. The topological polar surface area (TPSA) is 106 Å². The molecule has 0 bridgehead atoms. The molecule has 0 spiro atoms. The normalized spacial score (nSPS) is 26.5. The molecule has 1 aromatic rings. The molecule has 2 amide bonds. The maximum Gasteiger partial charge on any atom is 0.229 e. The van der Waals surface area contributed by atoms with Crippen molar-refractivity contribution in [2.24, 2.45) is 5.92 Å². The van der Waals surface area contributed by atoms with Gasteiger partial charge in [-0.25, -0.2) is 4.39 Å². The zero-order valence-electron chi connectivity index (χ0n) is 20.3. The molecule has 2 fully saturated rings.